The third kappa shape index (κ3) is 3.73. The first kappa shape index (κ1) is 16.5. The summed E-state index contributed by atoms with van der Waals surface area (Å²) in [4.78, 5) is 24.4. The highest BCUT2D eigenvalue weighted by Crippen LogP contribution is 2.25. The zero-order valence-corrected chi connectivity index (χ0v) is 13.3. The molecule has 0 bridgehead atoms. The van der Waals surface area contributed by atoms with Crippen LogP contribution in [0.2, 0.25) is 5.02 Å². The van der Waals surface area contributed by atoms with Crippen molar-refractivity contribution < 1.29 is 9.59 Å². The van der Waals surface area contributed by atoms with Gasteiger partial charge in [0, 0.05) is 16.8 Å². The van der Waals surface area contributed by atoms with Crippen molar-refractivity contribution in [3.63, 3.8) is 0 Å². The summed E-state index contributed by atoms with van der Waals surface area (Å²) < 4.78 is 0. The van der Waals surface area contributed by atoms with Gasteiger partial charge in [-0.3, -0.25) is 9.59 Å². The molecule has 0 aliphatic carbocycles. The van der Waals surface area contributed by atoms with Crippen LogP contribution in [0.1, 0.15) is 33.3 Å². The first-order valence-electron chi connectivity index (χ1n) is 6.53. The van der Waals surface area contributed by atoms with Gasteiger partial charge in [-0.05, 0) is 52.3 Å². The molecule has 2 N–H and O–H groups in total. The van der Waals surface area contributed by atoms with Gasteiger partial charge >= 0.3 is 0 Å². The maximum atomic E-state index is 12.3. The van der Waals surface area contributed by atoms with Crippen molar-refractivity contribution >= 4 is 29.1 Å². The topological polar surface area (TPSA) is 58.2 Å². The summed E-state index contributed by atoms with van der Waals surface area (Å²) in [7, 11) is 0. The molecule has 0 spiro atoms. The van der Waals surface area contributed by atoms with Gasteiger partial charge in [-0.1, -0.05) is 17.7 Å². The zero-order valence-electron chi connectivity index (χ0n) is 12.5. The van der Waals surface area contributed by atoms with Gasteiger partial charge in [-0.2, -0.15) is 0 Å². The summed E-state index contributed by atoms with van der Waals surface area (Å²) in [6.45, 7) is 8.72. The quantitative estimate of drug-likeness (QED) is 0.839. The highest BCUT2D eigenvalue weighted by Gasteiger charge is 2.36. The lowest BCUT2D eigenvalue weighted by atomic mass is 9.90. The number of hydrogen-bond acceptors (Lipinski definition) is 2. The lowest BCUT2D eigenvalue weighted by Gasteiger charge is -2.24. The highest BCUT2D eigenvalue weighted by atomic mass is 35.5. The number of hydrogen-bond donors (Lipinski definition) is 2. The average molecular weight is 297 g/mol. The second kappa shape index (κ2) is 6.27. The van der Waals surface area contributed by atoms with E-state index in [0.29, 0.717) is 10.7 Å². The molecule has 0 heterocycles. The molecule has 2 amide bonds. The van der Waals surface area contributed by atoms with Crippen LogP contribution < -0.4 is 10.6 Å². The Morgan fingerprint density at radius 1 is 1.20 bits per heavy atom. The van der Waals surface area contributed by atoms with Crippen LogP contribution in [0.15, 0.2) is 18.2 Å². The minimum atomic E-state index is -1.15. The molecular formula is C15H21ClN2O2. The summed E-state index contributed by atoms with van der Waals surface area (Å²) in [5.41, 5.74) is 0.245. The SMILES string of the molecule is Cc1c(Cl)cccc1NC(=O)C(C)(C)C(=O)NC(C)C. The third-order valence-corrected chi connectivity index (χ3v) is 3.48. The molecule has 1 rings (SSSR count). The van der Waals surface area contributed by atoms with Crippen LogP contribution >= 0.6 is 11.6 Å². The van der Waals surface area contributed by atoms with Crippen molar-refractivity contribution in [2.45, 2.75) is 40.7 Å². The van der Waals surface area contributed by atoms with Crippen LogP contribution in [0.3, 0.4) is 0 Å². The number of nitrogens with one attached hydrogen (secondary N) is 2. The Balaban J connectivity index is 2.89. The summed E-state index contributed by atoms with van der Waals surface area (Å²) in [5.74, 6) is -0.661. The van der Waals surface area contributed by atoms with Gasteiger partial charge in [0.15, 0.2) is 0 Å². The van der Waals surface area contributed by atoms with Gasteiger partial charge in [0.2, 0.25) is 11.8 Å². The summed E-state index contributed by atoms with van der Waals surface area (Å²) >= 11 is 6.01. The van der Waals surface area contributed by atoms with Crippen LogP contribution in [0, 0.1) is 12.3 Å². The van der Waals surface area contributed by atoms with Gasteiger partial charge in [-0.15, -0.1) is 0 Å². The van der Waals surface area contributed by atoms with E-state index in [4.69, 9.17) is 11.6 Å². The number of rotatable bonds is 4. The summed E-state index contributed by atoms with van der Waals surface area (Å²) in [5, 5.41) is 6.09. The Hall–Kier alpha value is -1.55. The van der Waals surface area contributed by atoms with E-state index in [2.05, 4.69) is 10.6 Å². The maximum Gasteiger partial charge on any atom is 0.239 e. The Morgan fingerprint density at radius 3 is 2.35 bits per heavy atom. The third-order valence-electron chi connectivity index (χ3n) is 3.07. The summed E-state index contributed by atoms with van der Waals surface area (Å²) in [6, 6.07) is 5.26. The second-order valence-electron chi connectivity index (χ2n) is 5.62. The normalized spacial score (nSPS) is 11.3. The Labute approximate surface area is 124 Å². The van der Waals surface area contributed by atoms with E-state index < -0.39 is 5.41 Å². The molecule has 0 saturated carbocycles. The fourth-order valence-corrected chi connectivity index (χ4v) is 1.74. The van der Waals surface area contributed by atoms with Crippen LogP contribution in [0.5, 0.6) is 0 Å². The van der Waals surface area contributed by atoms with Crippen LogP contribution in [0.25, 0.3) is 0 Å². The highest BCUT2D eigenvalue weighted by molar-refractivity contribution is 6.31. The standard InChI is InChI=1S/C15H21ClN2O2/c1-9(2)17-13(19)15(4,5)14(20)18-12-8-6-7-11(16)10(12)3/h6-9H,1-5H3,(H,17,19)(H,18,20). The van der Waals surface area contributed by atoms with Gasteiger partial charge in [0.1, 0.15) is 5.41 Å². The first-order valence-corrected chi connectivity index (χ1v) is 6.91. The van der Waals surface area contributed by atoms with Gasteiger partial charge < -0.3 is 10.6 Å². The van der Waals surface area contributed by atoms with Crippen molar-refractivity contribution in [3.8, 4) is 0 Å². The van der Waals surface area contributed by atoms with Crippen LogP contribution in [0.4, 0.5) is 5.69 Å². The van der Waals surface area contributed by atoms with Crippen molar-refractivity contribution in [1.29, 1.82) is 0 Å². The lowest BCUT2D eigenvalue weighted by Crippen LogP contribution is -2.47. The monoisotopic (exact) mass is 296 g/mol. The molecular weight excluding hydrogens is 276 g/mol. The Bertz CT molecular complexity index is 525. The minimum absolute atomic E-state index is 0.0116. The van der Waals surface area contributed by atoms with Crippen molar-refractivity contribution in [3.05, 3.63) is 28.8 Å². The Kier molecular flexibility index (Phi) is 5.17. The number of anilines is 1. The molecule has 0 aliphatic rings. The molecule has 5 heteroatoms. The van der Waals surface area contributed by atoms with E-state index in [-0.39, 0.29) is 17.9 Å². The molecule has 0 radical (unpaired) electrons. The smallest absolute Gasteiger partial charge is 0.239 e. The first-order chi connectivity index (χ1) is 9.16. The predicted octanol–water partition coefficient (Wildman–Crippen LogP) is 3.14. The van der Waals surface area contributed by atoms with Crippen molar-refractivity contribution in [2.24, 2.45) is 5.41 Å². The number of benzene rings is 1. The molecule has 0 fully saturated rings. The van der Waals surface area contributed by atoms with E-state index in [1.54, 1.807) is 32.0 Å². The number of carbonyl (C=O) groups excluding carboxylic acids is 2. The van der Waals surface area contributed by atoms with E-state index in [1.807, 2.05) is 20.8 Å². The van der Waals surface area contributed by atoms with Crippen LogP contribution in [-0.4, -0.2) is 17.9 Å². The molecule has 20 heavy (non-hydrogen) atoms. The Morgan fingerprint density at radius 2 is 1.80 bits per heavy atom. The number of halogens is 1. The molecule has 4 nitrogen and oxygen atoms in total. The summed E-state index contributed by atoms with van der Waals surface area (Å²) in [6.07, 6.45) is 0. The molecule has 0 saturated heterocycles. The van der Waals surface area contributed by atoms with E-state index >= 15 is 0 Å². The largest absolute Gasteiger partial charge is 0.353 e. The lowest BCUT2D eigenvalue weighted by molar-refractivity contribution is -0.138. The van der Waals surface area contributed by atoms with Crippen LogP contribution in [-0.2, 0) is 9.59 Å². The molecule has 0 aliphatic heterocycles. The van der Waals surface area contributed by atoms with E-state index in [1.165, 1.54) is 0 Å². The average Bonchev–Trinajstić information content (AvgIpc) is 2.33. The number of carbonyl (C=O) groups is 2. The predicted molar refractivity (Wildman–Crippen MR) is 81.9 cm³/mol. The molecule has 1 aromatic carbocycles. The molecule has 110 valence electrons. The second-order valence-corrected chi connectivity index (χ2v) is 6.03. The van der Waals surface area contributed by atoms with Crippen molar-refractivity contribution in [1.82, 2.24) is 5.32 Å². The minimum Gasteiger partial charge on any atom is -0.353 e. The maximum absolute atomic E-state index is 12.3. The van der Waals surface area contributed by atoms with Crippen molar-refractivity contribution in [2.75, 3.05) is 5.32 Å². The van der Waals surface area contributed by atoms with E-state index in [9.17, 15) is 9.59 Å². The fourth-order valence-electron chi connectivity index (χ4n) is 1.57. The molecule has 0 unspecified atom stereocenters. The van der Waals surface area contributed by atoms with Gasteiger partial charge in [-0.25, -0.2) is 0 Å². The van der Waals surface area contributed by atoms with Gasteiger partial charge in [0.05, 0.1) is 0 Å². The zero-order chi connectivity index (χ0) is 15.5. The molecule has 0 atom stereocenters. The van der Waals surface area contributed by atoms with E-state index in [0.717, 1.165) is 5.56 Å². The van der Waals surface area contributed by atoms with Gasteiger partial charge in [0.25, 0.3) is 0 Å². The molecule has 1 aromatic rings. The number of amides is 2. The fraction of sp³-hybridized carbons (Fsp3) is 0.467. The molecule has 0 aromatic heterocycles.